The lowest BCUT2D eigenvalue weighted by Gasteiger charge is -2.31. The molecule has 2 heterocycles. The number of hydrogen-bond acceptors (Lipinski definition) is 4. The summed E-state index contributed by atoms with van der Waals surface area (Å²) in [4.78, 5) is 11.0. The Morgan fingerprint density at radius 2 is 1.94 bits per heavy atom. The van der Waals surface area contributed by atoms with Crippen LogP contribution in [0.25, 0.3) is 0 Å². The Labute approximate surface area is 109 Å². The predicted octanol–water partition coefficient (Wildman–Crippen LogP) is 2.53. The second-order valence-corrected chi connectivity index (χ2v) is 5.66. The highest BCUT2D eigenvalue weighted by Gasteiger charge is 2.34. The minimum Gasteiger partial charge on any atom is -0.383 e. The summed E-state index contributed by atoms with van der Waals surface area (Å²) in [7, 11) is 0. The molecule has 4 nitrogen and oxygen atoms in total. The van der Waals surface area contributed by atoms with Gasteiger partial charge in [-0.3, -0.25) is 0 Å². The summed E-state index contributed by atoms with van der Waals surface area (Å²) in [5.41, 5.74) is 6.95. The maximum absolute atomic E-state index is 5.91. The van der Waals surface area contributed by atoms with E-state index < -0.39 is 0 Å². The van der Waals surface area contributed by atoms with Crippen LogP contribution in [0.1, 0.15) is 44.1 Å². The molecular formula is C14H22N4. The van der Waals surface area contributed by atoms with Gasteiger partial charge in [0.2, 0.25) is 0 Å². The van der Waals surface area contributed by atoms with Gasteiger partial charge >= 0.3 is 0 Å². The van der Waals surface area contributed by atoms with E-state index in [4.69, 9.17) is 5.73 Å². The molecule has 1 atom stereocenters. The molecule has 0 aromatic carbocycles. The lowest BCUT2D eigenvalue weighted by Crippen LogP contribution is -2.35. The van der Waals surface area contributed by atoms with E-state index in [1.165, 1.54) is 38.5 Å². The number of anilines is 2. The third-order valence-corrected chi connectivity index (χ3v) is 4.61. The molecule has 98 valence electrons. The Morgan fingerprint density at radius 1 is 1.17 bits per heavy atom. The molecule has 0 spiro atoms. The molecule has 4 heteroatoms. The summed E-state index contributed by atoms with van der Waals surface area (Å²) in [6.07, 6.45) is 9.78. The van der Waals surface area contributed by atoms with Crippen molar-refractivity contribution >= 4 is 11.6 Å². The molecule has 0 amide bonds. The molecule has 18 heavy (non-hydrogen) atoms. The van der Waals surface area contributed by atoms with E-state index in [1.54, 1.807) is 6.33 Å². The van der Waals surface area contributed by atoms with E-state index >= 15 is 0 Å². The van der Waals surface area contributed by atoms with Gasteiger partial charge in [0.05, 0.1) is 0 Å². The fraction of sp³-hybridized carbons (Fsp3) is 0.714. The van der Waals surface area contributed by atoms with Crippen LogP contribution in [0.4, 0.5) is 11.6 Å². The Bertz CT molecular complexity index is 426. The zero-order chi connectivity index (χ0) is 12.5. The number of nitrogen functional groups attached to an aromatic ring is 1. The Morgan fingerprint density at radius 3 is 2.72 bits per heavy atom. The fourth-order valence-electron chi connectivity index (χ4n) is 3.63. The van der Waals surface area contributed by atoms with Gasteiger partial charge in [-0.15, -0.1) is 0 Å². The largest absolute Gasteiger partial charge is 0.383 e. The van der Waals surface area contributed by atoms with Crippen LogP contribution < -0.4 is 10.6 Å². The van der Waals surface area contributed by atoms with Crippen molar-refractivity contribution in [3.63, 3.8) is 0 Å². The van der Waals surface area contributed by atoms with Crippen molar-refractivity contribution in [1.29, 1.82) is 0 Å². The van der Waals surface area contributed by atoms with Crippen molar-refractivity contribution in [2.45, 2.75) is 51.5 Å². The maximum Gasteiger partial charge on any atom is 0.137 e. The highest BCUT2D eigenvalue weighted by molar-refractivity contribution is 5.56. The van der Waals surface area contributed by atoms with E-state index in [1.807, 2.05) is 6.92 Å². The lowest BCUT2D eigenvalue weighted by molar-refractivity contribution is 0.429. The smallest absolute Gasteiger partial charge is 0.137 e. The van der Waals surface area contributed by atoms with E-state index in [9.17, 15) is 0 Å². The molecule has 1 aliphatic heterocycles. The zero-order valence-corrected chi connectivity index (χ0v) is 11.1. The van der Waals surface area contributed by atoms with E-state index in [-0.39, 0.29) is 0 Å². The van der Waals surface area contributed by atoms with Gasteiger partial charge in [0, 0.05) is 18.2 Å². The van der Waals surface area contributed by atoms with E-state index in [2.05, 4.69) is 14.9 Å². The summed E-state index contributed by atoms with van der Waals surface area (Å²) < 4.78 is 0. The standard InChI is InChI=1S/C14H22N4/c1-10-13(15)16-9-17-14(10)18-8-4-7-12(18)11-5-2-3-6-11/h9,11-12H,2-8H2,1H3,(H2,15,16,17). The highest BCUT2D eigenvalue weighted by atomic mass is 15.2. The first-order chi connectivity index (χ1) is 8.77. The van der Waals surface area contributed by atoms with Gasteiger partial charge in [-0.25, -0.2) is 9.97 Å². The molecule has 2 aliphatic rings. The van der Waals surface area contributed by atoms with Crippen LogP contribution in [0.2, 0.25) is 0 Å². The third-order valence-electron chi connectivity index (χ3n) is 4.61. The summed E-state index contributed by atoms with van der Waals surface area (Å²) >= 11 is 0. The maximum atomic E-state index is 5.91. The second kappa shape index (κ2) is 4.75. The molecule has 2 fully saturated rings. The molecule has 0 radical (unpaired) electrons. The summed E-state index contributed by atoms with van der Waals surface area (Å²) in [5, 5.41) is 0. The van der Waals surface area contributed by atoms with Crippen molar-refractivity contribution < 1.29 is 0 Å². The average Bonchev–Trinajstić information content (AvgIpc) is 3.01. The Hall–Kier alpha value is -1.32. The van der Waals surface area contributed by atoms with Gasteiger partial charge in [0.15, 0.2) is 0 Å². The average molecular weight is 246 g/mol. The van der Waals surface area contributed by atoms with Crippen molar-refractivity contribution in [3.05, 3.63) is 11.9 Å². The number of rotatable bonds is 2. The van der Waals surface area contributed by atoms with Gasteiger partial charge < -0.3 is 10.6 Å². The fourth-order valence-corrected chi connectivity index (χ4v) is 3.63. The van der Waals surface area contributed by atoms with E-state index in [0.717, 1.165) is 23.8 Å². The monoisotopic (exact) mass is 246 g/mol. The quantitative estimate of drug-likeness (QED) is 0.871. The zero-order valence-electron chi connectivity index (χ0n) is 11.1. The summed E-state index contributed by atoms with van der Waals surface area (Å²) in [6, 6.07) is 0.681. The van der Waals surface area contributed by atoms with Crippen LogP contribution in [0.5, 0.6) is 0 Å². The first kappa shape index (κ1) is 11.8. The minimum absolute atomic E-state index is 0.622. The highest BCUT2D eigenvalue weighted by Crippen LogP contribution is 2.38. The van der Waals surface area contributed by atoms with Crippen LogP contribution in [-0.4, -0.2) is 22.6 Å². The predicted molar refractivity (Wildman–Crippen MR) is 73.5 cm³/mol. The van der Waals surface area contributed by atoms with Gasteiger partial charge in [-0.1, -0.05) is 12.8 Å². The molecule has 1 aliphatic carbocycles. The molecule has 1 unspecified atom stereocenters. The molecule has 1 saturated carbocycles. The lowest BCUT2D eigenvalue weighted by atomic mass is 9.96. The van der Waals surface area contributed by atoms with Crippen LogP contribution in [0.15, 0.2) is 6.33 Å². The summed E-state index contributed by atoms with van der Waals surface area (Å²) in [5.74, 6) is 2.55. The van der Waals surface area contributed by atoms with E-state index in [0.29, 0.717) is 11.9 Å². The first-order valence-corrected chi connectivity index (χ1v) is 7.11. The van der Waals surface area contributed by atoms with Gasteiger partial charge in [0.1, 0.15) is 18.0 Å². The van der Waals surface area contributed by atoms with Crippen LogP contribution in [0.3, 0.4) is 0 Å². The number of nitrogens with zero attached hydrogens (tertiary/aromatic N) is 3. The molecule has 3 rings (SSSR count). The van der Waals surface area contributed by atoms with Crippen molar-refractivity contribution in [3.8, 4) is 0 Å². The van der Waals surface area contributed by atoms with Crippen molar-refractivity contribution in [2.75, 3.05) is 17.2 Å². The third kappa shape index (κ3) is 1.93. The van der Waals surface area contributed by atoms with Crippen molar-refractivity contribution in [2.24, 2.45) is 5.92 Å². The molecule has 1 aromatic heterocycles. The topological polar surface area (TPSA) is 55.0 Å². The number of hydrogen-bond donors (Lipinski definition) is 1. The van der Waals surface area contributed by atoms with Crippen LogP contribution in [0, 0.1) is 12.8 Å². The van der Waals surface area contributed by atoms with Crippen LogP contribution in [-0.2, 0) is 0 Å². The molecule has 0 bridgehead atoms. The number of nitrogens with two attached hydrogens (primary N) is 1. The first-order valence-electron chi connectivity index (χ1n) is 7.11. The second-order valence-electron chi connectivity index (χ2n) is 5.66. The van der Waals surface area contributed by atoms with Gasteiger partial charge in [-0.2, -0.15) is 0 Å². The Balaban J connectivity index is 1.87. The molecule has 1 saturated heterocycles. The molecule has 1 aromatic rings. The normalized spacial score (nSPS) is 24.9. The van der Waals surface area contributed by atoms with Gasteiger partial charge in [-0.05, 0) is 38.5 Å². The molecular weight excluding hydrogens is 224 g/mol. The SMILES string of the molecule is Cc1c(N)ncnc1N1CCCC1C1CCCC1. The van der Waals surface area contributed by atoms with Crippen LogP contribution >= 0.6 is 0 Å². The van der Waals surface area contributed by atoms with Crippen molar-refractivity contribution in [1.82, 2.24) is 9.97 Å². The summed E-state index contributed by atoms with van der Waals surface area (Å²) in [6.45, 7) is 3.16. The minimum atomic E-state index is 0.622. The molecule has 2 N–H and O–H groups in total. The Kier molecular flexibility index (Phi) is 3.10. The van der Waals surface area contributed by atoms with Gasteiger partial charge in [0.25, 0.3) is 0 Å². The number of aromatic nitrogens is 2.